The first kappa shape index (κ1) is 15.2. The van der Waals surface area contributed by atoms with Crippen molar-refractivity contribution < 1.29 is 8.78 Å². The van der Waals surface area contributed by atoms with Crippen molar-refractivity contribution in [3.05, 3.63) is 41.0 Å². The third kappa shape index (κ3) is 3.47. The third-order valence-corrected chi connectivity index (χ3v) is 4.36. The Morgan fingerprint density at radius 1 is 1.20 bits per heavy atom. The third-order valence-electron chi connectivity index (χ3n) is 4.36. The van der Waals surface area contributed by atoms with Gasteiger partial charge in [0.1, 0.15) is 0 Å². The fourth-order valence-electron chi connectivity index (χ4n) is 3.10. The van der Waals surface area contributed by atoms with Crippen LogP contribution in [0.25, 0.3) is 5.57 Å². The molecule has 0 N–H and O–H groups in total. The van der Waals surface area contributed by atoms with E-state index in [0.717, 1.165) is 36.3 Å². The molecular weight excluding hydrogens is 254 g/mol. The predicted octanol–water partition coefficient (Wildman–Crippen LogP) is 6.04. The van der Waals surface area contributed by atoms with Crippen LogP contribution in [-0.4, -0.2) is 0 Å². The highest BCUT2D eigenvalue weighted by molar-refractivity contribution is 5.69. The largest absolute Gasteiger partial charge is 0.204 e. The van der Waals surface area contributed by atoms with E-state index in [4.69, 9.17) is 0 Å². The van der Waals surface area contributed by atoms with Gasteiger partial charge >= 0.3 is 0 Å². The highest BCUT2D eigenvalue weighted by atomic mass is 19.2. The van der Waals surface area contributed by atoms with Gasteiger partial charge in [-0.15, -0.1) is 0 Å². The van der Waals surface area contributed by atoms with Crippen LogP contribution in [0.5, 0.6) is 0 Å². The van der Waals surface area contributed by atoms with Crippen LogP contribution in [0.1, 0.15) is 63.0 Å². The van der Waals surface area contributed by atoms with Crippen LogP contribution in [0.15, 0.2) is 18.2 Å². The van der Waals surface area contributed by atoms with Crippen molar-refractivity contribution in [1.82, 2.24) is 0 Å². The Morgan fingerprint density at radius 2 is 2.00 bits per heavy atom. The molecule has 0 aromatic heterocycles. The van der Waals surface area contributed by atoms with E-state index in [1.165, 1.54) is 31.7 Å². The van der Waals surface area contributed by atoms with Gasteiger partial charge in [0.15, 0.2) is 11.6 Å². The average Bonchev–Trinajstić information content (AvgIpc) is 2.45. The lowest BCUT2D eigenvalue weighted by Gasteiger charge is -2.23. The molecule has 1 aromatic rings. The summed E-state index contributed by atoms with van der Waals surface area (Å²) in [5.41, 5.74) is 2.32. The Hall–Kier alpha value is -1.18. The summed E-state index contributed by atoms with van der Waals surface area (Å²) in [7, 11) is 0. The smallest absolute Gasteiger partial charge is 0.166 e. The maximum atomic E-state index is 14.0. The van der Waals surface area contributed by atoms with Crippen LogP contribution in [0.2, 0.25) is 0 Å². The van der Waals surface area contributed by atoms with Crippen molar-refractivity contribution >= 4 is 5.57 Å². The molecule has 0 bridgehead atoms. The molecule has 0 nitrogen and oxygen atoms in total. The van der Waals surface area contributed by atoms with E-state index in [1.54, 1.807) is 6.07 Å². The van der Waals surface area contributed by atoms with E-state index in [2.05, 4.69) is 13.0 Å². The summed E-state index contributed by atoms with van der Waals surface area (Å²) < 4.78 is 27.4. The lowest BCUT2D eigenvalue weighted by molar-refractivity contribution is 0.427. The molecule has 1 aliphatic carbocycles. The second kappa shape index (κ2) is 7.01. The zero-order valence-corrected chi connectivity index (χ0v) is 12.5. The second-order valence-electron chi connectivity index (χ2n) is 5.92. The molecule has 0 radical (unpaired) electrons. The van der Waals surface area contributed by atoms with Gasteiger partial charge in [0.2, 0.25) is 0 Å². The lowest BCUT2D eigenvalue weighted by Crippen LogP contribution is -2.07. The summed E-state index contributed by atoms with van der Waals surface area (Å²) in [6.07, 6.45) is 10.2. The predicted molar refractivity (Wildman–Crippen MR) is 80.6 cm³/mol. The Morgan fingerprint density at radius 3 is 2.65 bits per heavy atom. The molecule has 20 heavy (non-hydrogen) atoms. The number of rotatable bonds is 5. The van der Waals surface area contributed by atoms with Gasteiger partial charge in [-0.05, 0) is 49.3 Å². The minimum absolute atomic E-state index is 0.497. The van der Waals surface area contributed by atoms with E-state index in [9.17, 15) is 8.78 Å². The molecule has 0 amide bonds. The van der Waals surface area contributed by atoms with Crippen molar-refractivity contribution in [2.24, 2.45) is 5.92 Å². The standard InChI is InChI=1S/C18H24F2/c1-3-4-5-6-14-8-10-15(11-9-14)17-13(2)7-12-16(19)18(17)20/h7,10,12,14H,3-6,8-9,11H2,1-2H3. The zero-order valence-electron chi connectivity index (χ0n) is 12.5. The van der Waals surface area contributed by atoms with Crippen LogP contribution in [0.4, 0.5) is 8.78 Å². The van der Waals surface area contributed by atoms with Crippen molar-refractivity contribution in [1.29, 1.82) is 0 Å². The number of benzene rings is 1. The number of unbranched alkanes of at least 4 members (excludes halogenated alkanes) is 2. The summed E-state index contributed by atoms with van der Waals surface area (Å²) in [5, 5.41) is 0. The molecule has 2 rings (SSSR count). The quantitative estimate of drug-likeness (QED) is 0.576. The fourth-order valence-corrected chi connectivity index (χ4v) is 3.10. The van der Waals surface area contributed by atoms with E-state index in [1.807, 2.05) is 6.92 Å². The molecule has 1 aromatic carbocycles. The Labute approximate surface area is 120 Å². The molecule has 0 aliphatic heterocycles. The molecule has 0 fully saturated rings. The Balaban J connectivity index is 2.07. The van der Waals surface area contributed by atoms with Crippen molar-refractivity contribution in [3.8, 4) is 0 Å². The Bertz CT molecular complexity index is 488. The molecular formula is C18H24F2. The first-order chi connectivity index (χ1) is 9.63. The fraction of sp³-hybridized carbons (Fsp3) is 0.556. The van der Waals surface area contributed by atoms with Crippen LogP contribution >= 0.6 is 0 Å². The minimum atomic E-state index is -0.739. The van der Waals surface area contributed by atoms with Gasteiger partial charge in [-0.3, -0.25) is 0 Å². The van der Waals surface area contributed by atoms with Gasteiger partial charge in [0, 0.05) is 5.56 Å². The monoisotopic (exact) mass is 278 g/mol. The highest BCUT2D eigenvalue weighted by Gasteiger charge is 2.20. The topological polar surface area (TPSA) is 0 Å². The summed E-state index contributed by atoms with van der Waals surface area (Å²) in [4.78, 5) is 0. The number of aryl methyl sites for hydroxylation is 1. The number of allylic oxidation sites excluding steroid dienone is 2. The molecule has 0 spiro atoms. The van der Waals surface area contributed by atoms with Crippen molar-refractivity contribution in [2.75, 3.05) is 0 Å². The molecule has 1 unspecified atom stereocenters. The van der Waals surface area contributed by atoms with Crippen LogP contribution in [0.3, 0.4) is 0 Å². The number of halogens is 2. The summed E-state index contributed by atoms with van der Waals surface area (Å²) in [6.45, 7) is 4.07. The maximum absolute atomic E-state index is 14.0. The first-order valence-electron chi connectivity index (χ1n) is 7.77. The summed E-state index contributed by atoms with van der Waals surface area (Å²) in [5.74, 6) is -0.695. The van der Waals surface area contributed by atoms with Crippen molar-refractivity contribution in [2.45, 2.75) is 58.8 Å². The second-order valence-corrected chi connectivity index (χ2v) is 5.92. The number of hydrogen-bond acceptors (Lipinski definition) is 0. The van der Waals surface area contributed by atoms with Gasteiger partial charge in [-0.2, -0.15) is 0 Å². The lowest BCUT2D eigenvalue weighted by atomic mass is 9.83. The first-order valence-corrected chi connectivity index (χ1v) is 7.77. The average molecular weight is 278 g/mol. The molecule has 1 aliphatic rings. The molecule has 0 saturated carbocycles. The van der Waals surface area contributed by atoms with Crippen LogP contribution < -0.4 is 0 Å². The van der Waals surface area contributed by atoms with E-state index < -0.39 is 11.6 Å². The van der Waals surface area contributed by atoms with Crippen LogP contribution in [0, 0.1) is 24.5 Å². The Kier molecular flexibility index (Phi) is 5.33. The van der Waals surface area contributed by atoms with E-state index >= 15 is 0 Å². The minimum Gasteiger partial charge on any atom is -0.204 e. The maximum Gasteiger partial charge on any atom is 0.166 e. The van der Waals surface area contributed by atoms with Gasteiger partial charge < -0.3 is 0 Å². The molecule has 0 saturated heterocycles. The van der Waals surface area contributed by atoms with Gasteiger partial charge in [0.05, 0.1) is 0 Å². The van der Waals surface area contributed by atoms with E-state index in [0.29, 0.717) is 5.56 Å². The van der Waals surface area contributed by atoms with Gasteiger partial charge in [-0.25, -0.2) is 8.78 Å². The van der Waals surface area contributed by atoms with Crippen LogP contribution in [-0.2, 0) is 0 Å². The molecule has 1 atom stereocenters. The summed E-state index contributed by atoms with van der Waals surface area (Å²) in [6, 6.07) is 2.88. The van der Waals surface area contributed by atoms with Crippen molar-refractivity contribution in [3.63, 3.8) is 0 Å². The zero-order chi connectivity index (χ0) is 14.5. The van der Waals surface area contributed by atoms with Gasteiger partial charge in [0.25, 0.3) is 0 Å². The SMILES string of the molecule is CCCCCC1CC=C(c2c(C)ccc(F)c2F)CC1. The van der Waals surface area contributed by atoms with Gasteiger partial charge in [-0.1, -0.05) is 44.7 Å². The highest BCUT2D eigenvalue weighted by Crippen LogP contribution is 2.35. The molecule has 110 valence electrons. The number of hydrogen-bond donors (Lipinski definition) is 0. The summed E-state index contributed by atoms with van der Waals surface area (Å²) >= 11 is 0. The van der Waals surface area contributed by atoms with E-state index in [-0.39, 0.29) is 0 Å². The molecule has 0 heterocycles. The molecule has 2 heteroatoms. The normalized spacial score (nSPS) is 19.0.